The lowest BCUT2D eigenvalue weighted by molar-refractivity contribution is -0.136. The van der Waals surface area contributed by atoms with Crippen LogP contribution >= 0.6 is 0 Å². The summed E-state index contributed by atoms with van der Waals surface area (Å²) in [5.74, 6) is 1.34. The van der Waals surface area contributed by atoms with Crippen molar-refractivity contribution in [3.8, 4) is 17.1 Å². The van der Waals surface area contributed by atoms with E-state index in [0.717, 1.165) is 35.5 Å². The molecule has 0 bridgehead atoms. The molecule has 0 radical (unpaired) electrons. The molecule has 0 aliphatic heterocycles. The number of amides is 1. The van der Waals surface area contributed by atoms with Crippen LogP contribution in [0.3, 0.4) is 0 Å². The first kappa shape index (κ1) is 27.5. The van der Waals surface area contributed by atoms with Gasteiger partial charge in [0.1, 0.15) is 30.0 Å². The summed E-state index contributed by atoms with van der Waals surface area (Å²) < 4.78 is 18.8. The van der Waals surface area contributed by atoms with Crippen molar-refractivity contribution in [2.24, 2.45) is 5.92 Å². The molecule has 1 heterocycles. The molecule has 2 aromatic carbocycles. The van der Waals surface area contributed by atoms with Gasteiger partial charge in [0.15, 0.2) is 0 Å². The number of nitrogens with one attached hydrogen (secondary N) is 1. The van der Waals surface area contributed by atoms with Gasteiger partial charge in [-0.05, 0) is 57.0 Å². The van der Waals surface area contributed by atoms with E-state index in [1.807, 2.05) is 6.92 Å². The number of benzene rings is 2. The van der Waals surface area contributed by atoms with Crippen LogP contribution in [0.2, 0.25) is 0 Å². The Balaban J connectivity index is 1.60. The third-order valence-electron chi connectivity index (χ3n) is 7.00. The number of aliphatic carboxylic acids is 1. The standard InChI is InChI=1S/C31H37NO6/c1-3-36-20-28-26(19-27(38-28)22-11-9-21(2)10-12-22)30(23-7-5-4-6-8-23)37-25-15-13-24(14-16-25)31(35)32-18-17-29(33)34/h9-16,19,23,30H,3-8,17-18,20H2,1-2H3,(H,32,35)(H,33,34). The van der Waals surface area contributed by atoms with Gasteiger partial charge in [-0.15, -0.1) is 0 Å². The molecule has 4 rings (SSSR count). The molecule has 1 saturated carbocycles. The highest BCUT2D eigenvalue weighted by Crippen LogP contribution is 2.41. The van der Waals surface area contributed by atoms with Gasteiger partial charge in [-0.3, -0.25) is 9.59 Å². The number of carbonyl (C=O) groups excluding carboxylic acids is 1. The van der Waals surface area contributed by atoms with E-state index in [2.05, 4.69) is 42.6 Å². The number of rotatable bonds is 12. The fourth-order valence-electron chi connectivity index (χ4n) is 4.92. The van der Waals surface area contributed by atoms with E-state index in [1.54, 1.807) is 24.3 Å². The predicted octanol–water partition coefficient (Wildman–Crippen LogP) is 6.70. The van der Waals surface area contributed by atoms with E-state index >= 15 is 0 Å². The smallest absolute Gasteiger partial charge is 0.305 e. The molecule has 7 nitrogen and oxygen atoms in total. The first-order chi connectivity index (χ1) is 18.4. The molecule has 0 spiro atoms. The molecule has 1 aliphatic carbocycles. The van der Waals surface area contributed by atoms with Crippen LogP contribution in [-0.2, 0) is 16.1 Å². The maximum Gasteiger partial charge on any atom is 0.305 e. The summed E-state index contributed by atoms with van der Waals surface area (Å²) in [6, 6.07) is 17.4. The second kappa shape index (κ2) is 13.3. The van der Waals surface area contributed by atoms with Gasteiger partial charge in [0.2, 0.25) is 0 Å². The molecular weight excluding hydrogens is 482 g/mol. The molecule has 3 aromatic rings. The minimum atomic E-state index is -0.948. The van der Waals surface area contributed by atoms with Gasteiger partial charge >= 0.3 is 5.97 Å². The van der Waals surface area contributed by atoms with E-state index in [9.17, 15) is 9.59 Å². The van der Waals surface area contributed by atoms with Crippen LogP contribution in [0.5, 0.6) is 5.75 Å². The zero-order valence-electron chi connectivity index (χ0n) is 22.2. The van der Waals surface area contributed by atoms with Crippen molar-refractivity contribution in [3.05, 3.63) is 77.0 Å². The highest BCUT2D eigenvalue weighted by atomic mass is 16.5. The van der Waals surface area contributed by atoms with Crippen molar-refractivity contribution in [1.29, 1.82) is 0 Å². The van der Waals surface area contributed by atoms with Crippen LogP contribution in [0.1, 0.15) is 78.8 Å². The third-order valence-corrected chi connectivity index (χ3v) is 7.00. The summed E-state index contributed by atoms with van der Waals surface area (Å²) in [7, 11) is 0. The third kappa shape index (κ3) is 7.25. The van der Waals surface area contributed by atoms with E-state index in [0.29, 0.717) is 30.4 Å². The lowest BCUT2D eigenvalue weighted by Crippen LogP contribution is -2.26. The van der Waals surface area contributed by atoms with Gasteiger partial charge in [-0.2, -0.15) is 0 Å². The summed E-state index contributed by atoms with van der Waals surface area (Å²) in [4.78, 5) is 23.1. The summed E-state index contributed by atoms with van der Waals surface area (Å²) >= 11 is 0. The van der Waals surface area contributed by atoms with Gasteiger partial charge in [0, 0.05) is 35.8 Å². The zero-order chi connectivity index (χ0) is 26.9. The van der Waals surface area contributed by atoms with Gasteiger partial charge < -0.3 is 24.3 Å². The molecule has 2 N–H and O–H groups in total. The SMILES string of the molecule is CCOCc1oc(-c2ccc(C)cc2)cc1C(Oc1ccc(C(=O)NCCC(=O)O)cc1)C1CCCCC1. The number of carboxylic acid groups (broad SMARTS) is 1. The van der Waals surface area contributed by atoms with Crippen molar-refractivity contribution in [1.82, 2.24) is 5.32 Å². The molecule has 1 fully saturated rings. The molecule has 7 heteroatoms. The summed E-state index contributed by atoms with van der Waals surface area (Å²) in [5.41, 5.74) is 3.67. The Labute approximate surface area is 224 Å². The monoisotopic (exact) mass is 519 g/mol. The normalized spacial score (nSPS) is 14.7. The lowest BCUT2D eigenvalue weighted by Gasteiger charge is -2.31. The largest absolute Gasteiger partial charge is 0.485 e. The number of aryl methyl sites for hydroxylation is 1. The molecule has 1 aliphatic rings. The Kier molecular flexibility index (Phi) is 9.60. The Morgan fingerprint density at radius 2 is 1.76 bits per heavy atom. The molecule has 0 saturated heterocycles. The Morgan fingerprint density at radius 3 is 2.42 bits per heavy atom. The maximum absolute atomic E-state index is 12.4. The molecule has 1 unspecified atom stereocenters. The van der Waals surface area contributed by atoms with Gasteiger partial charge in [0.25, 0.3) is 5.91 Å². The molecule has 38 heavy (non-hydrogen) atoms. The van der Waals surface area contributed by atoms with Crippen LogP contribution in [0.15, 0.2) is 59.0 Å². The Bertz CT molecular complexity index is 1190. The van der Waals surface area contributed by atoms with E-state index < -0.39 is 5.97 Å². The number of hydrogen-bond donors (Lipinski definition) is 2. The van der Waals surface area contributed by atoms with Crippen molar-refractivity contribution in [2.45, 2.75) is 65.1 Å². The maximum atomic E-state index is 12.4. The Morgan fingerprint density at radius 1 is 1.05 bits per heavy atom. The minimum Gasteiger partial charge on any atom is -0.485 e. The van der Waals surface area contributed by atoms with E-state index in [4.69, 9.17) is 19.0 Å². The summed E-state index contributed by atoms with van der Waals surface area (Å²) in [6.07, 6.45) is 5.41. The molecule has 202 valence electrons. The first-order valence-corrected chi connectivity index (χ1v) is 13.5. The van der Waals surface area contributed by atoms with Gasteiger partial charge in [0.05, 0.1) is 6.42 Å². The second-order valence-electron chi connectivity index (χ2n) is 9.85. The lowest BCUT2D eigenvalue weighted by atomic mass is 9.82. The van der Waals surface area contributed by atoms with Gasteiger partial charge in [-0.1, -0.05) is 49.1 Å². The molecular formula is C31H37NO6. The number of furan rings is 1. The average molecular weight is 520 g/mol. The second-order valence-corrected chi connectivity index (χ2v) is 9.85. The Hall–Kier alpha value is -3.58. The number of carboxylic acids is 1. The zero-order valence-corrected chi connectivity index (χ0v) is 22.2. The van der Waals surface area contributed by atoms with Crippen molar-refractivity contribution in [3.63, 3.8) is 0 Å². The number of hydrogen-bond acceptors (Lipinski definition) is 5. The molecule has 1 aromatic heterocycles. The van der Waals surface area contributed by atoms with Gasteiger partial charge in [-0.25, -0.2) is 0 Å². The summed E-state index contributed by atoms with van der Waals surface area (Å²) in [5, 5.41) is 11.4. The van der Waals surface area contributed by atoms with Crippen molar-refractivity contribution in [2.75, 3.05) is 13.2 Å². The summed E-state index contributed by atoms with van der Waals surface area (Å²) in [6.45, 7) is 5.08. The van der Waals surface area contributed by atoms with Crippen LogP contribution in [0.25, 0.3) is 11.3 Å². The fourth-order valence-corrected chi connectivity index (χ4v) is 4.92. The number of ether oxygens (including phenoxy) is 2. The van der Waals surface area contributed by atoms with Crippen LogP contribution < -0.4 is 10.1 Å². The van der Waals surface area contributed by atoms with E-state index in [1.165, 1.54) is 24.8 Å². The fraction of sp³-hybridized carbons (Fsp3) is 0.419. The van der Waals surface area contributed by atoms with Crippen LogP contribution in [0, 0.1) is 12.8 Å². The predicted molar refractivity (Wildman–Crippen MR) is 145 cm³/mol. The first-order valence-electron chi connectivity index (χ1n) is 13.5. The van der Waals surface area contributed by atoms with Crippen molar-refractivity contribution < 1.29 is 28.6 Å². The highest BCUT2D eigenvalue weighted by molar-refractivity contribution is 5.94. The molecule has 1 atom stereocenters. The quantitative estimate of drug-likeness (QED) is 0.276. The average Bonchev–Trinajstić information content (AvgIpc) is 3.35. The topological polar surface area (TPSA) is 98.0 Å². The van der Waals surface area contributed by atoms with Crippen LogP contribution in [-0.4, -0.2) is 30.1 Å². The van der Waals surface area contributed by atoms with Crippen LogP contribution in [0.4, 0.5) is 0 Å². The van der Waals surface area contributed by atoms with Crippen molar-refractivity contribution >= 4 is 11.9 Å². The minimum absolute atomic E-state index is 0.0859. The van der Waals surface area contributed by atoms with E-state index in [-0.39, 0.29) is 25.0 Å². The number of carbonyl (C=O) groups is 2. The highest BCUT2D eigenvalue weighted by Gasteiger charge is 2.31. The molecule has 1 amide bonds.